The van der Waals surface area contributed by atoms with Crippen molar-refractivity contribution in [3.63, 3.8) is 0 Å². The number of amides is 1. The molecule has 2 aromatic carbocycles. The van der Waals surface area contributed by atoms with Crippen LogP contribution in [0, 0.1) is 0 Å². The van der Waals surface area contributed by atoms with Crippen LogP contribution >= 0.6 is 11.3 Å². The molecule has 1 aromatic heterocycles. The van der Waals surface area contributed by atoms with Crippen LogP contribution in [0.25, 0.3) is 10.2 Å². The van der Waals surface area contributed by atoms with Gasteiger partial charge in [0.15, 0.2) is 0 Å². The molecule has 1 amide bonds. The molecule has 4 heteroatoms. The minimum absolute atomic E-state index is 0.232. The van der Waals surface area contributed by atoms with Crippen molar-refractivity contribution in [3.8, 4) is 0 Å². The molecule has 0 unspecified atom stereocenters. The lowest BCUT2D eigenvalue weighted by molar-refractivity contribution is -0.135. The van der Waals surface area contributed by atoms with Gasteiger partial charge in [0.05, 0.1) is 20.6 Å². The van der Waals surface area contributed by atoms with Gasteiger partial charge in [0.1, 0.15) is 0 Å². The van der Waals surface area contributed by atoms with Crippen LogP contribution < -0.4 is 0 Å². The van der Waals surface area contributed by atoms with Crippen LogP contribution in [0.5, 0.6) is 0 Å². The summed E-state index contributed by atoms with van der Waals surface area (Å²) in [6.45, 7) is 1.71. The van der Waals surface area contributed by atoms with Gasteiger partial charge >= 0.3 is 0 Å². The van der Waals surface area contributed by atoms with E-state index in [1.165, 1.54) is 15.3 Å². The monoisotopic (exact) mass is 362 g/mol. The summed E-state index contributed by atoms with van der Waals surface area (Å²) in [7, 11) is 0. The average Bonchev–Trinajstić information content (AvgIpc) is 3.40. The zero-order valence-corrected chi connectivity index (χ0v) is 15.5. The molecule has 1 saturated carbocycles. The number of rotatable bonds is 3. The summed E-state index contributed by atoms with van der Waals surface area (Å²) in [4.78, 5) is 20.1. The highest BCUT2D eigenvalue weighted by atomic mass is 32.1. The molecule has 26 heavy (non-hydrogen) atoms. The highest BCUT2D eigenvalue weighted by Crippen LogP contribution is 2.50. The third-order valence-corrected chi connectivity index (χ3v) is 7.13. The van der Waals surface area contributed by atoms with Crippen molar-refractivity contribution in [1.29, 1.82) is 0 Å². The number of para-hydroxylation sites is 1. The third-order valence-electron chi connectivity index (χ3n) is 5.93. The molecule has 3 nitrogen and oxygen atoms in total. The molecule has 1 aliphatic heterocycles. The van der Waals surface area contributed by atoms with Gasteiger partial charge in [-0.15, -0.1) is 11.3 Å². The number of nitrogens with zero attached hydrogens (tertiary/aromatic N) is 2. The maximum atomic E-state index is 13.2. The van der Waals surface area contributed by atoms with E-state index in [0.29, 0.717) is 11.8 Å². The van der Waals surface area contributed by atoms with E-state index in [1.54, 1.807) is 0 Å². The van der Waals surface area contributed by atoms with E-state index in [0.717, 1.165) is 44.3 Å². The molecule has 0 spiro atoms. The summed E-state index contributed by atoms with van der Waals surface area (Å²) in [5, 5.41) is 1.24. The number of carbonyl (C=O) groups excluding carboxylic acids is 1. The fourth-order valence-electron chi connectivity index (χ4n) is 4.21. The molecule has 1 aliphatic carbocycles. The van der Waals surface area contributed by atoms with E-state index in [4.69, 9.17) is 4.98 Å². The first-order valence-corrected chi connectivity index (χ1v) is 10.3. The number of piperidine rings is 1. The van der Waals surface area contributed by atoms with E-state index in [9.17, 15) is 4.79 Å². The highest BCUT2D eigenvalue weighted by Gasteiger charge is 2.53. The molecule has 2 fully saturated rings. The number of thiazole rings is 1. The number of hydrogen-bond acceptors (Lipinski definition) is 3. The number of hydrogen-bond donors (Lipinski definition) is 0. The summed E-state index contributed by atoms with van der Waals surface area (Å²) < 4.78 is 1.27. The molecule has 0 N–H and O–H groups in total. The summed E-state index contributed by atoms with van der Waals surface area (Å²) in [6, 6.07) is 18.7. The number of carbonyl (C=O) groups is 1. The Hall–Kier alpha value is -2.20. The van der Waals surface area contributed by atoms with E-state index < -0.39 is 0 Å². The van der Waals surface area contributed by atoms with E-state index in [2.05, 4.69) is 35.2 Å². The SMILES string of the molecule is O=C(N1CCC(c2nc3ccccc3s2)CC1)C1(c2ccccc2)CC1. The lowest BCUT2D eigenvalue weighted by Gasteiger charge is -2.34. The van der Waals surface area contributed by atoms with Crippen molar-refractivity contribution in [2.45, 2.75) is 37.0 Å². The van der Waals surface area contributed by atoms with Crippen molar-refractivity contribution in [3.05, 3.63) is 65.2 Å². The molecule has 0 atom stereocenters. The Labute approximate surface area is 157 Å². The first kappa shape index (κ1) is 16.0. The average molecular weight is 362 g/mol. The van der Waals surface area contributed by atoms with Gasteiger partial charge in [-0.05, 0) is 43.4 Å². The molecule has 0 radical (unpaired) electrons. The molecular weight excluding hydrogens is 340 g/mol. The number of aromatic nitrogens is 1. The zero-order valence-electron chi connectivity index (χ0n) is 14.7. The molecule has 3 aromatic rings. The van der Waals surface area contributed by atoms with E-state index in [-0.39, 0.29) is 5.41 Å². The molecule has 2 aliphatic rings. The van der Waals surface area contributed by atoms with Crippen LogP contribution in [-0.4, -0.2) is 28.9 Å². The Morgan fingerprint density at radius 2 is 1.69 bits per heavy atom. The number of likely N-dealkylation sites (tertiary alicyclic amines) is 1. The fourth-order valence-corrected chi connectivity index (χ4v) is 5.34. The Bertz CT molecular complexity index is 904. The second kappa shape index (κ2) is 6.20. The molecular formula is C22H22N2OS. The number of fused-ring (bicyclic) bond motifs is 1. The maximum Gasteiger partial charge on any atom is 0.233 e. The van der Waals surface area contributed by atoms with Crippen LogP contribution in [0.4, 0.5) is 0 Å². The zero-order chi connectivity index (χ0) is 17.6. The Morgan fingerprint density at radius 1 is 1.00 bits per heavy atom. The second-order valence-corrected chi connectivity index (χ2v) is 8.60. The maximum absolute atomic E-state index is 13.2. The molecule has 1 saturated heterocycles. The standard InChI is InChI=1S/C22H22N2OS/c25-21(22(12-13-22)17-6-2-1-3-7-17)24-14-10-16(11-15-24)20-23-18-8-4-5-9-19(18)26-20/h1-9,16H,10-15H2. The van der Waals surface area contributed by atoms with Gasteiger partial charge in [-0.2, -0.15) is 0 Å². The number of benzene rings is 2. The minimum Gasteiger partial charge on any atom is -0.342 e. The predicted octanol–water partition coefficient (Wildman–Crippen LogP) is 4.73. The molecule has 2 heterocycles. The predicted molar refractivity (Wildman–Crippen MR) is 106 cm³/mol. The summed E-state index contributed by atoms with van der Waals surface area (Å²) in [5.41, 5.74) is 2.06. The van der Waals surface area contributed by atoms with Gasteiger partial charge in [0, 0.05) is 19.0 Å². The summed E-state index contributed by atoms with van der Waals surface area (Å²) >= 11 is 1.81. The van der Waals surface area contributed by atoms with Crippen LogP contribution in [0.1, 0.15) is 42.2 Å². The lowest BCUT2D eigenvalue weighted by atomic mass is 9.91. The minimum atomic E-state index is -0.232. The quantitative estimate of drug-likeness (QED) is 0.674. The van der Waals surface area contributed by atoms with Crippen molar-refractivity contribution >= 4 is 27.5 Å². The Balaban J connectivity index is 1.29. The smallest absolute Gasteiger partial charge is 0.233 e. The van der Waals surface area contributed by atoms with Gasteiger partial charge in [-0.25, -0.2) is 4.98 Å². The summed E-state index contributed by atoms with van der Waals surface area (Å²) in [6.07, 6.45) is 4.04. The second-order valence-electron chi connectivity index (χ2n) is 7.53. The van der Waals surface area contributed by atoms with Gasteiger partial charge in [-0.3, -0.25) is 4.79 Å². The highest BCUT2D eigenvalue weighted by molar-refractivity contribution is 7.18. The van der Waals surface area contributed by atoms with Gasteiger partial charge < -0.3 is 4.90 Å². The first-order valence-electron chi connectivity index (χ1n) is 9.47. The largest absolute Gasteiger partial charge is 0.342 e. The Morgan fingerprint density at radius 3 is 2.38 bits per heavy atom. The van der Waals surface area contributed by atoms with Crippen molar-refractivity contribution in [2.24, 2.45) is 0 Å². The van der Waals surface area contributed by atoms with E-state index >= 15 is 0 Å². The molecule has 5 rings (SSSR count). The fraction of sp³-hybridized carbons (Fsp3) is 0.364. The van der Waals surface area contributed by atoms with Gasteiger partial charge in [0.25, 0.3) is 0 Å². The Kier molecular flexibility index (Phi) is 3.82. The van der Waals surface area contributed by atoms with Gasteiger partial charge in [0.2, 0.25) is 5.91 Å². The van der Waals surface area contributed by atoms with Crippen molar-refractivity contribution in [1.82, 2.24) is 9.88 Å². The van der Waals surface area contributed by atoms with E-state index in [1.807, 2.05) is 35.6 Å². The molecule has 0 bridgehead atoms. The van der Waals surface area contributed by atoms with Crippen molar-refractivity contribution in [2.75, 3.05) is 13.1 Å². The molecule has 132 valence electrons. The topological polar surface area (TPSA) is 33.2 Å². The first-order chi connectivity index (χ1) is 12.8. The summed E-state index contributed by atoms with van der Waals surface area (Å²) in [5.74, 6) is 0.828. The van der Waals surface area contributed by atoms with Crippen LogP contribution in [-0.2, 0) is 10.2 Å². The van der Waals surface area contributed by atoms with Crippen molar-refractivity contribution < 1.29 is 4.79 Å². The van der Waals surface area contributed by atoms with Crippen LogP contribution in [0.15, 0.2) is 54.6 Å². The third kappa shape index (κ3) is 2.64. The normalized spacial score (nSPS) is 19.6. The lowest BCUT2D eigenvalue weighted by Crippen LogP contribution is -2.43. The van der Waals surface area contributed by atoms with Crippen LogP contribution in [0.3, 0.4) is 0 Å². The van der Waals surface area contributed by atoms with Gasteiger partial charge in [-0.1, -0.05) is 42.5 Å². The van der Waals surface area contributed by atoms with Crippen LogP contribution in [0.2, 0.25) is 0 Å².